The number of nitrogens with one attached hydrogen (secondary N) is 1. The quantitative estimate of drug-likeness (QED) is 0.866. The van der Waals surface area contributed by atoms with E-state index in [1.165, 1.54) is 11.1 Å². The second-order valence-corrected chi connectivity index (χ2v) is 6.20. The highest BCUT2D eigenvalue weighted by molar-refractivity contribution is 5.81. The molecule has 0 unspecified atom stereocenters. The predicted molar refractivity (Wildman–Crippen MR) is 92.7 cm³/mol. The lowest BCUT2D eigenvalue weighted by Gasteiger charge is -2.37. The van der Waals surface area contributed by atoms with E-state index in [2.05, 4.69) is 34.2 Å². The molecule has 5 heteroatoms. The van der Waals surface area contributed by atoms with Gasteiger partial charge in [0.2, 0.25) is 5.91 Å². The van der Waals surface area contributed by atoms with Gasteiger partial charge in [-0.25, -0.2) is 0 Å². The van der Waals surface area contributed by atoms with E-state index in [0.717, 1.165) is 38.5 Å². The number of amides is 1. The molecule has 0 bridgehead atoms. The van der Waals surface area contributed by atoms with Gasteiger partial charge in [0.05, 0.1) is 13.2 Å². The first-order valence-corrected chi connectivity index (χ1v) is 8.42. The number of carbonyl (C=O) groups is 1. The Bertz CT molecular complexity index is 525. The molecule has 0 saturated carbocycles. The maximum absolute atomic E-state index is 12.0. The summed E-state index contributed by atoms with van der Waals surface area (Å²) >= 11 is 0. The third-order valence-corrected chi connectivity index (χ3v) is 4.51. The van der Waals surface area contributed by atoms with Gasteiger partial charge >= 0.3 is 0 Å². The Labute approximate surface area is 139 Å². The zero-order chi connectivity index (χ0) is 16.8. The van der Waals surface area contributed by atoms with Gasteiger partial charge in [-0.15, -0.1) is 0 Å². The topological polar surface area (TPSA) is 44.8 Å². The fraction of sp³-hybridized carbons (Fsp3) is 0.611. The Morgan fingerprint density at radius 1 is 1.30 bits per heavy atom. The first-order chi connectivity index (χ1) is 11.0. The van der Waals surface area contributed by atoms with Crippen molar-refractivity contribution in [1.82, 2.24) is 15.1 Å². The van der Waals surface area contributed by atoms with Crippen molar-refractivity contribution in [1.29, 1.82) is 0 Å². The Hall–Kier alpha value is -1.59. The number of carbonyl (C=O) groups excluding carboxylic acids is 1. The Balaban J connectivity index is 1.90. The van der Waals surface area contributed by atoms with Gasteiger partial charge in [0.15, 0.2) is 0 Å². The zero-order valence-corrected chi connectivity index (χ0v) is 14.8. The summed E-state index contributed by atoms with van der Waals surface area (Å²) in [5, 5.41) is 2.90. The van der Waals surface area contributed by atoms with Crippen molar-refractivity contribution in [2.45, 2.75) is 33.4 Å². The summed E-state index contributed by atoms with van der Waals surface area (Å²) in [6.07, 6.45) is 0. The first kappa shape index (κ1) is 17.8. The number of rotatable bonds is 6. The van der Waals surface area contributed by atoms with E-state index < -0.39 is 0 Å². The molecule has 1 aliphatic rings. The summed E-state index contributed by atoms with van der Waals surface area (Å²) in [6.45, 7) is 11.4. The normalized spacial score (nSPS) is 17.7. The maximum Gasteiger partial charge on any atom is 0.237 e. The molecule has 2 rings (SSSR count). The van der Waals surface area contributed by atoms with Crippen LogP contribution >= 0.6 is 0 Å². The number of methoxy groups -OCH3 is 1. The van der Waals surface area contributed by atoms with E-state index in [4.69, 9.17) is 4.74 Å². The smallest absolute Gasteiger partial charge is 0.237 e. The Kier molecular flexibility index (Phi) is 6.42. The van der Waals surface area contributed by atoms with Crippen LogP contribution in [0.15, 0.2) is 18.2 Å². The van der Waals surface area contributed by atoms with E-state index in [1.54, 1.807) is 7.11 Å². The lowest BCUT2D eigenvalue weighted by Crippen LogP contribution is -2.53. The van der Waals surface area contributed by atoms with Crippen LogP contribution in [0, 0.1) is 6.92 Å². The van der Waals surface area contributed by atoms with Gasteiger partial charge in [0, 0.05) is 44.8 Å². The van der Waals surface area contributed by atoms with Crippen LogP contribution in [0.1, 0.15) is 25.0 Å². The molecule has 0 aliphatic carbocycles. The summed E-state index contributed by atoms with van der Waals surface area (Å²) in [5.41, 5.74) is 2.49. The van der Waals surface area contributed by atoms with Crippen molar-refractivity contribution < 1.29 is 9.53 Å². The van der Waals surface area contributed by atoms with Crippen LogP contribution in [-0.4, -0.2) is 61.6 Å². The molecule has 128 valence electrons. The summed E-state index contributed by atoms with van der Waals surface area (Å²) < 4.78 is 5.47. The summed E-state index contributed by atoms with van der Waals surface area (Å²) in [4.78, 5) is 16.6. The molecular weight excluding hydrogens is 290 g/mol. The second-order valence-electron chi connectivity index (χ2n) is 6.20. The second kappa shape index (κ2) is 8.31. The minimum absolute atomic E-state index is 0.0504. The standard InChI is InChI=1S/C18H29N3O2/c1-5-19-18(22)15(3)21-10-8-20(9-11-21)13-16-12-14(2)6-7-17(16)23-4/h6-7,12,15H,5,8-11,13H2,1-4H3,(H,19,22)/t15-/m1/s1. The molecule has 23 heavy (non-hydrogen) atoms. The molecule has 1 aromatic rings. The van der Waals surface area contributed by atoms with Crippen molar-refractivity contribution in [2.24, 2.45) is 0 Å². The van der Waals surface area contributed by atoms with Gasteiger partial charge < -0.3 is 10.1 Å². The Morgan fingerprint density at radius 2 is 2.00 bits per heavy atom. The predicted octanol–water partition coefficient (Wildman–Crippen LogP) is 1.65. The van der Waals surface area contributed by atoms with Gasteiger partial charge in [-0.3, -0.25) is 14.6 Å². The summed E-state index contributed by atoms with van der Waals surface area (Å²) in [7, 11) is 1.72. The largest absolute Gasteiger partial charge is 0.496 e. The molecule has 1 amide bonds. The average Bonchev–Trinajstić information content (AvgIpc) is 2.55. The van der Waals surface area contributed by atoms with Crippen molar-refractivity contribution in [3.63, 3.8) is 0 Å². The lowest BCUT2D eigenvalue weighted by molar-refractivity contribution is -0.126. The third kappa shape index (κ3) is 4.69. The van der Waals surface area contributed by atoms with Gasteiger partial charge in [-0.1, -0.05) is 17.7 Å². The molecule has 0 spiro atoms. The van der Waals surface area contributed by atoms with Crippen molar-refractivity contribution in [3.05, 3.63) is 29.3 Å². The van der Waals surface area contributed by atoms with E-state index in [1.807, 2.05) is 19.9 Å². The number of aryl methyl sites for hydroxylation is 1. The lowest BCUT2D eigenvalue weighted by atomic mass is 10.1. The zero-order valence-electron chi connectivity index (χ0n) is 14.8. The van der Waals surface area contributed by atoms with E-state index in [0.29, 0.717) is 6.54 Å². The SMILES string of the molecule is CCNC(=O)[C@@H](C)N1CCN(Cc2cc(C)ccc2OC)CC1. The van der Waals surface area contributed by atoms with Gasteiger partial charge in [-0.2, -0.15) is 0 Å². The number of nitrogens with zero attached hydrogens (tertiary/aromatic N) is 2. The van der Waals surface area contributed by atoms with Gasteiger partial charge in [0.1, 0.15) is 5.75 Å². The number of benzene rings is 1. The molecule has 1 aromatic carbocycles. The van der Waals surface area contributed by atoms with Crippen molar-refractivity contribution in [3.8, 4) is 5.75 Å². The van der Waals surface area contributed by atoms with Crippen LogP contribution in [0.4, 0.5) is 0 Å². The van der Waals surface area contributed by atoms with Gasteiger partial charge in [0.25, 0.3) is 0 Å². The number of likely N-dealkylation sites (N-methyl/N-ethyl adjacent to an activating group) is 1. The molecule has 0 aromatic heterocycles. The van der Waals surface area contributed by atoms with Crippen LogP contribution in [-0.2, 0) is 11.3 Å². The summed E-state index contributed by atoms with van der Waals surface area (Å²) in [6, 6.07) is 6.26. The molecule has 1 atom stereocenters. The molecule has 1 heterocycles. The molecule has 5 nitrogen and oxygen atoms in total. The maximum atomic E-state index is 12.0. The van der Waals surface area contributed by atoms with Crippen LogP contribution in [0.25, 0.3) is 0 Å². The first-order valence-electron chi connectivity index (χ1n) is 8.42. The number of ether oxygens (including phenoxy) is 1. The van der Waals surface area contributed by atoms with Crippen molar-refractivity contribution in [2.75, 3.05) is 39.8 Å². The fourth-order valence-corrected chi connectivity index (χ4v) is 3.07. The number of piperazine rings is 1. The summed E-state index contributed by atoms with van der Waals surface area (Å²) in [5.74, 6) is 1.08. The molecule has 1 aliphatic heterocycles. The highest BCUT2D eigenvalue weighted by Crippen LogP contribution is 2.22. The average molecular weight is 319 g/mol. The van der Waals surface area contributed by atoms with Crippen molar-refractivity contribution >= 4 is 5.91 Å². The van der Waals surface area contributed by atoms with E-state index in [-0.39, 0.29) is 11.9 Å². The van der Waals surface area contributed by atoms with E-state index in [9.17, 15) is 4.79 Å². The molecule has 0 radical (unpaired) electrons. The molecule has 1 saturated heterocycles. The number of hydrogen-bond donors (Lipinski definition) is 1. The minimum atomic E-state index is -0.0504. The Morgan fingerprint density at radius 3 is 2.61 bits per heavy atom. The number of hydrogen-bond acceptors (Lipinski definition) is 4. The third-order valence-electron chi connectivity index (χ3n) is 4.51. The van der Waals surface area contributed by atoms with Gasteiger partial charge in [-0.05, 0) is 26.8 Å². The van der Waals surface area contributed by atoms with Crippen LogP contribution in [0.5, 0.6) is 5.75 Å². The molecular formula is C18H29N3O2. The highest BCUT2D eigenvalue weighted by atomic mass is 16.5. The monoisotopic (exact) mass is 319 g/mol. The molecule has 1 fully saturated rings. The van der Waals surface area contributed by atoms with Crippen LogP contribution < -0.4 is 10.1 Å². The highest BCUT2D eigenvalue weighted by Gasteiger charge is 2.25. The fourth-order valence-electron chi connectivity index (χ4n) is 3.07. The van der Waals surface area contributed by atoms with E-state index >= 15 is 0 Å². The minimum Gasteiger partial charge on any atom is -0.496 e. The van der Waals surface area contributed by atoms with Crippen LogP contribution in [0.3, 0.4) is 0 Å². The van der Waals surface area contributed by atoms with Crippen LogP contribution in [0.2, 0.25) is 0 Å². The molecule has 1 N–H and O–H groups in total.